The second-order valence-electron chi connectivity index (χ2n) is 7.63. The van der Waals surface area contributed by atoms with E-state index in [0.717, 1.165) is 56.5 Å². The minimum Gasteiger partial charge on any atom is -0.367 e. The highest BCUT2D eigenvalue weighted by Crippen LogP contribution is 2.24. The first-order chi connectivity index (χ1) is 13.2. The quantitative estimate of drug-likeness (QED) is 0.775. The second kappa shape index (κ2) is 8.59. The van der Waals surface area contributed by atoms with E-state index in [0.29, 0.717) is 6.04 Å². The smallest absolute Gasteiger partial charge is 0.146 e. The number of para-hydroxylation sites is 1. The maximum atomic E-state index is 14.0. The Labute approximate surface area is 166 Å². The Morgan fingerprint density at radius 3 is 2.41 bits per heavy atom. The van der Waals surface area contributed by atoms with Crippen LogP contribution in [0.25, 0.3) is 0 Å². The van der Waals surface area contributed by atoms with Crippen molar-refractivity contribution in [3.63, 3.8) is 0 Å². The SMILES string of the molecule is Fc1ccccc1N1CCN([C@@H]2CCCN(Cc3ccc(Cl)cc3)C2)CC1. The Bertz CT molecular complexity index is 743. The Morgan fingerprint density at radius 2 is 1.67 bits per heavy atom. The molecule has 2 saturated heterocycles. The van der Waals surface area contributed by atoms with Gasteiger partial charge in [0.2, 0.25) is 0 Å². The van der Waals surface area contributed by atoms with E-state index in [-0.39, 0.29) is 5.82 Å². The van der Waals surface area contributed by atoms with Crippen LogP contribution in [-0.4, -0.2) is 55.1 Å². The highest BCUT2D eigenvalue weighted by atomic mass is 35.5. The number of rotatable bonds is 4. The van der Waals surface area contributed by atoms with Crippen molar-refractivity contribution in [3.8, 4) is 0 Å². The summed E-state index contributed by atoms with van der Waals surface area (Å²) in [4.78, 5) is 7.34. The first-order valence-electron chi connectivity index (χ1n) is 9.89. The lowest BCUT2D eigenvalue weighted by Gasteiger charge is -2.44. The molecule has 5 heteroatoms. The Kier molecular flexibility index (Phi) is 5.96. The zero-order valence-electron chi connectivity index (χ0n) is 15.7. The molecular weight excluding hydrogens is 361 g/mol. The van der Waals surface area contributed by atoms with Crippen LogP contribution in [0.15, 0.2) is 48.5 Å². The topological polar surface area (TPSA) is 9.72 Å². The van der Waals surface area contributed by atoms with E-state index in [1.165, 1.54) is 18.4 Å². The Morgan fingerprint density at radius 1 is 0.926 bits per heavy atom. The van der Waals surface area contributed by atoms with Crippen LogP contribution in [0.1, 0.15) is 18.4 Å². The van der Waals surface area contributed by atoms with Crippen LogP contribution in [0.5, 0.6) is 0 Å². The van der Waals surface area contributed by atoms with E-state index in [9.17, 15) is 4.39 Å². The molecule has 2 heterocycles. The van der Waals surface area contributed by atoms with Crippen molar-refractivity contribution < 1.29 is 4.39 Å². The van der Waals surface area contributed by atoms with Crippen LogP contribution in [0.4, 0.5) is 10.1 Å². The first kappa shape index (κ1) is 18.7. The molecule has 0 aromatic heterocycles. The summed E-state index contributed by atoms with van der Waals surface area (Å²) in [5.41, 5.74) is 2.06. The zero-order chi connectivity index (χ0) is 18.6. The molecule has 0 spiro atoms. The van der Waals surface area contributed by atoms with Crippen molar-refractivity contribution in [3.05, 3.63) is 64.9 Å². The highest BCUT2D eigenvalue weighted by Gasteiger charge is 2.28. The number of hydrogen-bond acceptors (Lipinski definition) is 3. The molecule has 2 aromatic carbocycles. The second-order valence-corrected chi connectivity index (χ2v) is 8.07. The molecule has 2 aromatic rings. The van der Waals surface area contributed by atoms with Crippen LogP contribution in [-0.2, 0) is 6.54 Å². The normalized spacial score (nSPS) is 22.1. The van der Waals surface area contributed by atoms with Gasteiger partial charge in [-0.05, 0) is 49.2 Å². The molecule has 3 nitrogen and oxygen atoms in total. The summed E-state index contributed by atoms with van der Waals surface area (Å²) >= 11 is 6.00. The number of piperidine rings is 1. The number of nitrogens with zero attached hydrogens (tertiary/aromatic N) is 3. The first-order valence-corrected chi connectivity index (χ1v) is 10.3. The van der Waals surface area contributed by atoms with Gasteiger partial charge in [-0.3, -0.25) is 9.80 Å². The summed E-state index contributed by atoms with van der Waals surface area (Å²) in [6, 6.07) is 15.9. The fourth-order valence-electron chi connectivity index (χ4n) is 4.36. The largest absolute Gasteiger partial charge is 0.367 e. The van der Waals surface area contributed by atoms with Gasteiger partial charge in [0.15, 0.2) is 0 Å². The van der Waals surface area contributed by atoms with E-state index >= 15 is 0 Å². The van der Waals surface area contributed by atoms with Gasteiger partial charge in [0.05, 0.1) is 5.69 Å². The molecule has 0 unspecified atom stereocenters. The van der Waals surface area contributed by atoms with Gasteiger partial charge < -0.3 is 4.90 Å². The van der Waals surface area contributed by atoms with E-state index < -0.39 is 0 Å². The molecule has 0 bridgehead atoms. The molecular formula is C22H27ClFN3. The van der Waals surface area contributed by atoms with E-state index in [1.807, 2.05) is 24.3 Å². The van der Waals surface area contributed by atoms with Gasteiger partial charge in [-0.15, -0.1) is 0 Å². The van der Waals surface area contributed by atoms with E-state index in [4.69, 9.17) is 11.6 Å². The molecule has 2 fully saturated rings. The molecule has 2 aliphatic rings. The standard InChI is InChI=1S/C22H27ClFN3/c23-19-9-7-18(8-10-19)16-25-11-3-4-20(17-25)26-12-14-27(15-13-26)22-6-2-1-5-21(22)24/h1-2,5-10,20H,3-4,11-17H2/t20-/m1/s1. The third-order valence-corrected chi connectivity index (χ3v) is 6.08. The fourth-order valence-corrected chi connectivity index (χ4v) is 4.48. The monoisotopic (exact) mass is 387 g/mol. The van der Waals surface area contributed by atoms with Crippen molar-refractivity contribution in [2.75, 3.05) is 44.2 Å². The van der Waals surface area contributed by atoms with Gasteiger partial charge in [0.25, 0.3) is 0 Å². The Hall–Kier alpha value is -1.62. The molecule has 4 rings (SSSR count). The average molecular weight is 388 g/mol. The highest BCUT2D eigenvalue weighted by molar-refractivity contribution is 6.30. The minimum absolute atomic E-state index is 0.113. The number of likely N-dealkylation sites (tertiary alicyclic amines) is 1. The summed E-state index contributed by atoms with van der Waals surface area (Å²) in [5, 5.41) is 0.794. The predicted octanol–water partition coefficient (Wildman–Crippen LogP) is 4.27. The van der Waals surface area contributed by atoms with Gasteiger partial charge in [-0.1, -0.05) is 35.9 Å². The van der Waals surface area contributed by atoms with Crippen molar-refractivity contribution in [1.29, 1.82) is 0 Å². The average Bonchev–Trinajstić information content (AvgIpc) is 2.71. The summed E-state index contributed by atoms with van der Waals surface area (Å²) in [5.74, 6) is -0.113. The molecule has 0 N–H and O–H groups in total. The fraction of sp³-hybridized carbons (Fsp3) is 0.455. The molecule has 0 radical (unpaired) electrons. The molecule has 2 aliphatic heterocycles. The van der Waals surface area contributed by atoms with Crippen molar-refractivity contribution in [2.24, 2.45) is 0 Å². The third-order valence-electron chi connectivity index (χ3n) is 5.82. The molecule has 0 aliphatic carbocycles. The van der Waals surface area contributed by atoms with Crippen LogP contribution >= 0.6 is 11.6 Å². The van der Waals surface area contributed by atoms with Gasteiger partial charge in [-0.25, -0.2) is 4.39 Å². The van der Waals surface area contributed by atoms with Crippen LogP contribution < -0.4 is 4.90 Å². The van der Waals surface area contributed by atoms with Gasteiger partial charge in [0.1, 0.15) is 5.82 Å². The number of piperazine rings is 1. The lowest BCUT2D eigenvalue weighted by molar-refractivity contribution is 0.0887. The number of hydrogen-bond donors (Lipinski definition) is 0. The van der Waals surface area contributed by atoms with Gasteiger partial charge in [-0.2, -0.15) is 0 Å². The molecule has 0 saturated carbocycles. The minimum atomic E-state index is -0.113. The number of anilines is 1. The van der Waals surface area contributed by atoms with E-state index in [2.05, 4.69) is 26.8 Å². The Balaban J connectivity index is 1.31. The molecule has 27 heavy (non-hydrogen) atoms. The summed E-state index contributed by atoms with van der Waals surface area (Å²) in [6.45, 7) is 7.07. The third kappa shape index (κ3) is 4.63. The number of halogens is 2. The lowest BCUT2D eigenvalue weighted by atomic mass is 10.0. The summed E-state index contributed by atoms with van der Waals surface area (Å²) < 4.78 is 14.0. The van der Waals surface area contributed by atoms with Crippen LogP contribution in [0.2, 0.25) is 5.02 Å². The van der Waals surface area contributed by atoms with Crippen molar-refractivity contribution >= 4 is 17.3 Å². The molecule has 1 atom stereocenters. The van der Waals surface area contributed by atoms with Gasteiger partial charge in [0, 0.05) is 50.3 Å². The maximum Gasteiger partial charge on any atom is 0.146 e. The van der Waals surface area contributed by atoms with Gasteiger partial charge >= 0.3 is 0 Å². The summed E-state index contributed by atoms with van der Waals surface area (Å²) in [7, 11) is 0. The molecule has 0 amide bonds. The molecule has 144 valence electrons. The van der Waals surface area contributed by atoms with Crippen molar-refractivity contribution in [1.82, 2.24) is 9.80 Å². The van der Waals surface area contributed by atoms with Crippen LogP contribution in [0, 0.1) is 5.82 Å². The maximum absolute atomic E-state index is 14.0. The van der Waals surface area contributed by atoms with Crippen molar-refractivity contribution in [2.45, 2.75) is 25.4 Å². The van der Waals surface area contributed by atoms with E-state index in [1.54, 1.807) is 12.1 Å². The zero-order valence-corrected chi connectivity index (χ0v) is 16.4. The lowest BCUT2D eigenvalue weighted by Crippen LogP contribution is -2.55. The summed E-state index contributed by atoms with van der Waals surface area (Å²) in [6.07, 6.45) is 2.50. The van der Waals surface area contributed by atoms with Crippen LogP contribution in [0.3, 0.4) is 0 Å². The number of benzene rings is 2. The predicted molar refractivity (Wildman–Crippen MR) is 110 cm³/mol.